The van der Waals surface area contributed by atoms with Crippen molar-refractivity contribution in [2.45, 2.75) is 0 Å². The molecular formula is C7HCl5O. The molecule has 0 saturated carbocycles. The molecule has 0 atom stereocenters. The number of halogens is 5. The van der Waals surface area contributed by atoms with E-state index in [-0.39, 0.29) is 30.7 Å². The molecule has 0 spiro atoms. The molecule has 0 radical (unpaired) electrons. The fourth-order valence-corrected chi connectivity index (χ4v) is 1.97. The molecule has 0 aliphatic rings. The van der Waals surface area contributed by atoms with Crippen LogP contribution in [0, 0.1) is 0 Å². The van der Waals surface area contributed by atoms with Crippen molar-refractivity contribution in [3.8, 4) is 0 Å². The fourth-order valence-electron chi connectivity index (χ4n) is 0.725. The van der Waals surface area contributed by atoms with Gasteiger partial charge in [0, 0.05) is 0 Å². The average molecular weight is 278 g/mol. The summed E-state index contributed by atoms with van der Waals surface area (Å²) in [6, 6.07) is 0. The Morgan fingerprint density at radius 2 is 1.00 bits per heavy atom. The molecule has 0 heterocycles. The second kappa shape index (κ2) is 4.24. The van der Waals surface area contributed by atoms with Gasteiger partial charge in [-0.05, 0) is 0 Å². The Bertz CT molecular complexity index is 345. The fraction of sp³-hybridized carbons (Fsp3) is 0. The van der Waals surface area contributed by atoms with Gasteiger partial charge in [0.1, 0.15) is 0 Å². The molecule has 0 unspecified atom stereocenters. The van der Waals surface area contributed by atoms with E-state index in [1.807, 2.05) is 0 Å². The summed E-state index contributed by atoms with van der Waals surface area (Å²) >= 11 is 28.4. The molecule has 70 valence electrons. The van der Waals surface area contributed by atoms with Crippen LogP contribution in [0.25, 0.3) is 0 Å². The minimum atomic E-state index is 0.0102. The Kier molecular flexibility index (Phi) is 3.73. The standard InChI is InChI=1S/C7HCl5O/c8-3-2(1-13)4(9)6(11)7(12)5(3)10/h1H. The molecule has 0 aromatic heterocycles. The average Bonchev–Trinajstić information content (AvgIpc) is 2.13. The van der Waals surface area contributed by atoms with Crippen molar-refractivity contribution in [3.63, 3.8) is 0 Å². The van der Waals surface area contributed by atoms with Crippen LogP contribution in [0.2, 0.25) is 25.1 Å². The number of carbonyl (C=O) groups excluding carboxylic acids is 1. The predicted octanol–water partition coefficient (Wildman–Crippen LogP) is 4.77. The van der Waals surface area contributed by atoms with E-state index in [0.29, 0.717) is 6.29 Å². The lowest BCUT2D eigenvalue weighted by Crippen LogP contribution is -1.88. The summed E-state index contributed by atoms with van der Waals surface area (Å²) in [5.41, 5.74) is 0.0442. The molecule has 0 amide bonds. The molecular weight excluding hydrogens is 277 g/mol. The second-order valence-electron chi connectivity index (χ2n) is 2.10. The van der Waals surface area contributed by atoms with Crippen LogP contribution in [0.5, 0.6) is 0 Å². The van der Waals surface area contributed by atoms with Gasteiger partial charge in [0.25, 0.3) is 0 Å². The molecule has 0 aliphatic carbocycles. The molecule has 0 aliphatic heterocycles. The molecule has 1 aromatic carbocycles. The molecule has 0 fully saturated rings. The highest BCUT2D eigenvalue weighted by Crippen LogP contribution is 2.42. The van der Waals surface area contributed by atoms with Crippen molar-refractivity contribution in [3.05, 3.63) is 30.7 Å². The van der Waals surface area contributed by atoms with E-state index >= 15 is 0 Å². The molecule has 0 saturated heterocycles. The van der Waals surface area contributed by atoms with E-state index in [9.17, 15) is 4.79 Å². The summed E-state index contributed by atoms with van der Waals surface area (Å²) in [7, 11) is 0. The second-order valence-corrected chi connectivity index (χ2v) is 3.99. The number of carbonyl (C=O) groups is 1. The predicted molar refractivity (Wildman–Crippen MR) is 56.9 cm³/mol. The van der Waals surface area contributed by atoms with Gasteiger partial charge < -0.3 is 0 Å². The van der Waals surface area contributed by atoms with Crippen LogP contribution >= 0.6 is 58.0 Å². The smallest absolute Gasteiger partial charge is 0.153 e. The van der Waals surface area contributed by atoms with Crippen LogP contribution in [0.15, 0.2) is 0 Å². The first-order valence-electron chi connectivity index (χ1n) is 2.97. The van der Waals surface area contributed by atoms with Crippen LogP contribution in [-0.2, 0) is 0 Å². The third-order valence-corrected chi connectivity index (χ3v) is 3.67. The lowest BCUT2D eigenvalue weighted by Gasteiger charge is -2.06. The summed E-state index contributed by atoms with van der Waals surface area (Å²) in [6.07, 6.45) is 0.471. The monoisotopic (exact) mass is 276 g/mol. The Morgan fingerprint density at radius 3 is 1.31 bits per heavy atom. The topological polar surface area (TPSA) is 17.1 Å². The molecule has 13 heavy (non-hydrogen) atoms. The Balaban J connectivity index is 3.66. The van der Waals surface area contributed by atoms with Crippen molar-refractivity contribution in [1.29, 1.82) is 0 Å². The lowest BCUT2D eigenvalue weighted by atomic mass is 10.2. The first-order valence-corrected chi connectivity index (χ1v) is 4.86. The summed E-state index contributed by atoms with van der Waals surface area (Å²) in [5, 5.41) is 0.121. The third kappa shape index (κ3) is 1.90. The molecule has 0 N–H and O–H groups in total. The van der Waals surface area contributed by atoms with Crippen LogP contribution in [0.4, 0.5) is 0 Å². The van der Waals surface area contributed by atoms with E-state index in [1.54, 1.807) is 0 Å². The third-order valence-electron chi connectivity index (χ3n) is 1.36. The van der Waals surface area contributed by atoms with E-state index in [0.717, 1.165) is 0 Å². The quantitative estimate of drug-likeness (QED) is 0.411. The number of hydrogen-bond donors (Lipinski definition) is 0. The maximum absolute atomic E-state index is 10.5. The van der Waals surface area contributed by atoms with Crippen molar-refractivity contribution in [1.82, 2.24) is 0 Å². The summed E-state index contributed by atoms with van der Waals surface area (Å²) in [5.74, 6) is 0. The van der Waals surface area contributed by atoms with E-state index in [1.165, 1.54) is 0 Å². The summed E-state index contributed by atoms with van der Waals surface area (Å²) in [6.45, 7) is 0. The van der Waals surface area contributed by atoms with Crippen LogP contribution in [0.3, 0.4) is 0 Å². The first kappa shape index (κ1) is 11.4. The van der Waals surface area contributed by atoms with Gasteiger partial charge in [0.05, 0.1) is 30.7 Å². The van der Waals surface area contributed by atoms with E-state index in [2.05, 4.69) is 0 Å². The zero-order chi connectivity index (χ0) is 10.2. The molecule has 1 nitrogen and oxygen atoms in total. The van der Waals surface area contributed by atoms with Gasteiger partial charge in [-0.2, -0.15) is 0 Å². The number of hydrogen-bond acceptors (Lipinski definition) is 1. The Hall–Kier alpha value is 0.340. The minimum absolute atomic E-state index is 0.0102. The number of rotatable bonds is 1. The minimum Gasteiger partial charge on any atom is -0.298 e. The van der Waals surface area contributed by atoms with Crippen LogP contribution < -0.4 is 0 Å². The highest BCUT2D eigenvalue weighted by molar-refractivity contribution is 6.56. The lowest BCUT2D eigenvalue weighted by molar-refractivity contribution is 0.112. The Labute approximate surface area is 99.5 Å². The van der Waals surface area contributed by atoms with Gasteiger partial charge in [0.15, 0.2) is 6.29 Å². The summed E-state index contributed by atoms with van der Waals surface area (Å²) < 4.78 is 0. The van der Waals surface area contributed by atoms with Gasteiger partial charge in [-0.15, -0.1) is 0 Å². The summed E-state index contributed by atoms with van der Waals surface area (Å²) in [4.78, 5) is 10.5. The van der Waals surface area contributed by atoms with Gasteiger partial charge in [0.2, 0.25) is 0 Å². The number of aldehydes is 1. The van der Waals surface area contributed by atoms with Gasteiger partial charge in [-0.3, -0.25) is 4.79 Å². The SMILES string of the molecule is O=Cc1c(Cl)c(Cl)c(Cl)c(Cl)c1Cl. The van der Waals surface area contributed by atoms with Gasteiger partial charge >= 0.3 is 0 Å². The van der Waals surface area contributed by atoms with Gasteiger partial charge in [-0.25, -0.2) is 0 Å². The molecule has 1 rings (SSSR count). The zero-order valence-corrected chi connectivity index (χ0v) is 9.66. The largest absolute Gasteiger partial charge is 0.298 e. The maximum Gasteiger partial charge on any atom is 0.153 e. The van der Waals surface area contributed by atoms with Crippen molar-refractivity contribution >= 4 is 64.3 Å². The Morgan fingerprint density at radius 1 is 0.692 bits per heavy atom. The first-order chi connectivity index (χ1) is 6.00. The van der Waals surface area contributed by atoms with Crippen molar-refractivity contribution in [2.24, 2.45) is 0 Å². The molecule has 6 heteroatoms. The van der Waals surface area contributed by atoms with E-state index < -0.39 is 0 Å². The highest BCUT2D eigenvalue weighted by Gasteiger charge is 2.18. The van der Waals surface area contributed by atoms with Crippen molar-refractivity contribution < 1.29 is 4.79 Å². The highest BCUT2D eigenvalue weighted by atomic mass is 35.5. The van der Waals surface area contributed by atoms with Gasteiger partial charge in [-0.1, -0.05) is 58.0 Å². The molecule has 0 bridgehead atoms. The van der Waals surface area contributed by atoms with Crippen LogP contribution in [0.1, 0.15) is 10.4 Å². The number of benzene rings is 1. The maximum atomic E-state index is 10.5. The van der Waals surface area contributed by atoms with Crippen LogP contribution in [-0.4, -0.2) is 6.29 Å². The van der Waals surface area contributed by atoms with Crippen molar-refractivity contribution in [2.75, 3.05) is 0 Å². The zero-order valence-electron chi connectivity index (χ0n) is 5.88. The molecule has 1 aromatic rings. The normalized spacial score (nSPS) is 10.2. The van der Waals surface area contributed by atoms with E-state index in [4.69, 9.17) is 58.0 Å².